The van der Waals surface area contributed by atoms with E-state index in [1.54, 1.807) is 0 Å². The van der Waals surface area contributed by atoms with Crippen molar-refractivity contribution in [1.82, 2.24) is 0 Å². The molecule has 7 aromatic carbocycles. The minimum absolute atomic E-state index is 0.00887. The second-order valence-corrected chi connectivity index (χ2v) is 14.2. The summed E-state index contributed by atoms with van der Waals surface area (Å²) in [4.78, 5) is 0. The van der Waals surface area contributed by atoms with E-state index in [0.29, 0.717) is 0 Å². The predicted octanol–water partition coefficient (Wildman–Crippen LogP) is 12.4. The first kappa shape index (κ1) is 28.6. The molecule has 0 unspecified atom stereocenters. The second-order valence-electron chi connectivity index (χ2n) is 14.2. The number of hydrogen-bond donors (Lipinski definition) is 1. The molecule has 2 aliphatic rings. The molecule has 1 spiro atoms. The molecule has 0 heterocycles. The molecule has 0 atom stereocenters. The molecule has 9 rings (SSSR count). The average Bonchev–Trinajstić information content (AvgIpc) is 3.59. The first-order valence-electron chi connectivity index (χ1n) is 16.9. The van der Waals surface area contributed by atoms with Gasteiger partial charge >= 0.3 is 0 Å². The van der Waals surface area contributed by atoms with Crippen LogP contribution in [0.15, 0.2) is 164 Å². The van der Waals surface area contributed by atoms with Crippen LogP contribution in [-0.2, 0) is 10.8 Å². The Balaban J connectivity index is 1.27. The Hall–Kier alpha value is -5.66. The lowest BCUT2D eigenvalue weighted by molar-refractivity contribution is 0.591. The van der Waals surface area contributed by atoms with Crippen LogP contribution in [0.25, 0.3) is 44.5 Å². The second kappa shape index (κ2) is 10.7. The van der Waals surface area contributed by atoms with Crippen LogP contribution in [0.4, 0.5) is 11.4 Å². The summed E-state index contributed by atoms with van der Waals surface area (Å²) in [5.74, 6) is 0. The van der Waals surface area contributed by atoms with Gasteiger partial charge < -0.3 is 5.32 Å². The maximum Gasteiger partial charge on any atom is 0.0725 e. The zero-order valence-corrected chi connectivity index (χ0v) is 27.6. The van der Waals surface area contributed by atoms with Gasteiger partial charge in [-0.3, -0.25) is 0 Å². The average molecular weight is 616 g/mol. The third-order valence-corrected chi connectivity index (χ3v) is 10.4. The highest BCUT2D eigenvalue weighted by atomic mass is 14.9. The van der Waals surface area contributed by atoms with Crippen LogP contribution in [0.1, 0.15) is 48.6 Å². The Morgan fingerprint density at radius 1 is 0.396 bits per heavy atom. The van der Waals surface area contributed by atoms with Crippen molar-refractivity contribution in [2.75, 3.05) is 5.32 Å². The van der Waals surface area contributed by atoms with Crippen LogP contribution >= 0.6 is 0 Å². The first-order chi connectivity index (χ1) is 23.4. The fraction of sp³-hybridized carbons (Fsp3) is 0.106. The van der Waals surface area contributed by atoms with E-state index in [1.165, 1.54) is 72.3 Å². The Labute approximate surface area is 283 Å². The lowest BCUT2D eigenvalue weighted by Gasteiger charge is -2.30. The maximum absolute atomic E-state index is 3.99. The van der Waals surface area contributed by atoms with Gasteiger partial charge in [-0.05, 0) is 90.9 Å². The van der Waals surface area contributed by atoms with Gasteiger partial charge in [-0.2, -0.15) is 0 Å². The highest BCUT2D eigenvalue weighted by molar-refractivity contribution is 5.98. The van der Waals surface area contributed by atoms with Crippen molar-refractivity contribution in [2.24, 2.45) is 0 Å². The fourth-order valence-corrected chi connectivity index (χ4v) is 8.22. The van der Waals surface area contributed by atoms with Gasteiger partial charge in [0.1, 0.15) is 0 Å². The molecule has 2 aliphatic carbocycles. The monoisotopic (exact) mass is 615 g/mol. The third kappa shape index (κ3) is 4.17. The smallest absolute Gasteiger partial charge is 0.0725 e. The van der Waals surface area contributed by atoms with Gasteiger partial charge in [-0.25, -0.2) is 0 Å². The van der Waals surface area contributed by atoms with Crippen LogP contribution in [0, 0.1) is 0 Å². The molecule has 7 aromatic rings. The van der Waals surface area contributed by atoms with Gasteiger partial charge in [-0.1, -0.05) is 160 Å². The summed E-state index contributed by atoms with van der Waals surface area (Å²) in [7, 11) is 0. The van der Waals surface area contributed by atoms with Gasteiger partial charge in [0.05, 0.1) is 11.1 Å². The molecule has 0 bridgehead atoms. The van der Waals surface area contributed by atoms with Crippen molar-refractivity contribution < 1.29 is 0 Å². The predicted molar refractivity (Wildman–Crippen MR) is 202 cm³/mol. The Bertz CT molecular complexity index is 2230. The highest BCUT2D eigenvalue weighted by Crippen LogP contribution is 2.63. The molecule has 0 fully saturated rings. The quantitative estimate of drug-likeness (QED) is 0.208. The van der Waals surface area contributed by atoms with Crippen molar-refractivity contribution in [3.05, 3.63) is 192 Å². The Morgan fingerprint density at radius 2 is 0.812 bits per heavy atom. The molecule has 0 amide bonds. The van der Waals surface area contributed by atoms with E-state index in [2.05, 4.69) is 190 Å². The van der Waals surface area contributed by atoms with E-state index in [0.717, 1.165) is 11.4 Å². The lowest BCUT2D eigenvalue weighted by atomic mass is 9.70. The molecule has 230 valence electrons. The van der Waals surface area contributed by atoms with Gasteiger partial charge in [-0.15, -0.1) is 0 Å². The fourth-order valence-electron chi connectivity index (χ4n) is 8.22. The van der Waals surface area contributed by atoms with Crippen molar-refractivity contribution in [3.63, 3.8) is 0 Å². The topological polar surface area (TPSA) is 12.0 Å². The number of fused-ring (bicyclic) bond motifs is 10. The minimum atomic E-state index is -0.337. The van der Waals surface area contributed by atoms with Gasteiger partial charge in [0.15, 0.2) is 0 Å². The molecule has 0 aromatic heterocycles. The van der Waals surface area contributed by atoms with Crippen molar-refractivity contribution in [1.29, 1.82) is 0 Å². The van der Waals surface area contributed by atoms with Gasteiger partial charge in [0, 0.05) is 16.8 Å². The van der Waals surface area contributed by atoms with Crippen LogP contribution in [0.5, 0.6) is 0 Å². The minimum Gasteiger partial charge on any atom is -0.354 e. The van der Waals surface area contributed by atoms with E-state index in [1.807, 2.05) is 0 Å². The van der Waals surface area contributed by atoms with Crippen molar-refractivity contribution in [3.8, 4) is 44.5 Å². The van der Waals surface area contributed by atoms with E-state index < -0.39 is 0 Å². The summed E-state index contributed by atoms with van der Waals surface area (Å²) in [6, 6.07) is 60.4. The molecular formula is C47H37N. The molecule has 1 nitrogen and oxygen atoms in total. The molecule has 0 radical (unpaired) electrons. The standard InChI is InChI=1S/C47H37N/c1-46(2,3)33-28-38(31-16-6-4-7-17-31)45(39(29-33)32-18-8-5-9-19-32)48-34-26-27-44-40(30-34)37-22-12-15-25-43(37)47(44)41-23-13-10-20-35(41)36-21-11-14-24-42(36)47/h4-30,48H,1-3H3. The van der Waals surface area contributed by atoms with E-state index in [-0.39, 0.29) is 10.8 Å². The number of nitrogens with one attached hydrogen (secondary N) is 1. The van der Waals surface area contributed by atoms with E-state index >= 15 is 0 Å². The summed E-state index contributed by atoms with van der Waals surface area (Å²) in [5, 5.41) is 3.99. The highest BCUT2D eigenvalue weighted by Gasteiger charge is 2.51. The molecule has 48 heavy (non-hydrogen) atoms. The normalized spacial score (nSPS) is 13.5. The number of rotatable bonds is 4. The first-order valence-corrected chi connectivity index (χ1v) is 16.9. The lowest BCUT2D eigenvalue weighted by Crippen LogP contribution is -2.25. The SMILES string of the molecule is CC(C)(C)c1cc(-c2ccccc2)c(Nc2ccc3c(c2)-c2ccccc2C32c3ccccc3-c3ccccc32)c(-c2ccccc2)c1. The van der Waals surface area contributed by atoms with Crippen molar-refractivity contribution >= 4 is 11.4 Å². The summed E-state index contributed by atoms with van der Waals surface area (Å²) in [6.45, 7) is 6.89. The van der Waals surface area contributed by atoms with E-state index in [9.17, 15) is 0 Å². The zero-order valence-electron chi connectivity index (χ0n) is 27.6. The summed E-state index contributed by atoms with van der Waals surface area (Å²) in [5.41, 5.74) is 18.7. The summed E-state index contributed by atoms with van der Waals surface area (Å²) < 4.78 is 0. The molecule has 1 heteroatoms. The molecule has 0 saturated carbocycles. The van der Waals surface area contributed by atoms with Crippen LogP contribution < -0.4 is 5.32 Å². The Morgan fingerprint density at radius 3 is 1.29 bits per heavy atom. The molecule has 0 aliphatic heterocycles. The van der Waals surface area contributed by atoms with Gasteiger partial charge in [0.25, 0.3) is 0 Å². The molecule has 0 saturated heterocycles. The Kier molecular flexibility index (Phi) is 6.36. The van der Waals surface area contributed by atoms with Crippen LogP contribution in [-0.4, -0.2) is 0 Å². The summed E-state index contributed by atoms with van der Waals surface area (Å²) in [6.07, 6.45) is 0. The zero-order chi connectivity index (χ0) is 32.5. The summed E-state index contributed by atoms with van der Waals surface area (Å²) >= 11 is 0. The maximum atomic E-state index is 3.99. The van der Waals surface area contributed by atoms with Crippen LogP contribution in [0.3, 0.4) is 0 Å². The van der Waals surface area contributed by atoms with Crippen molar-refractivity contribution in [2.45, 2.75) is 31.6 Å². The van der Waals surface area contributed by atoms with Gasteiger partial charge in [0.2, 0.25) is 0 Å². The number of anilines is 2. The number of benzene rings is 7. The molecule has 1 N–H and O–H groups in total. The third-order valence-electron chi connectivity index (χ3n) is 10.4. The van der Waals surface area contributed by atoms with Crippen LogP contribution in [0.2, 0.25) is 0 Å². The largest absolute Gasteiger partial charge is 0.354 e. The number of hydrogen-bond acceptors (Lipinski definition) is 1. The molecular weight excluding hydrogens is 579 g/mol. The van der Waals surface area contributed by atoms with E-state index in [4.69, 9.17) is 0 Å².